The van der Waals surface area contributed by atoms with E-state index in [9.17, 15) is 13.2 Å². The molecular weight excluding hydrogens is 147 g/mol. The first-order valence-corrected chi connectivity index (χ1v) is 2.38. The third-order valence-electron chi connectivity index (χ3n) is 0.738. The molecule has 1 aromatic rings. The molecule has 1 radical (unpaired) electrons. The van der Waals surface area contributed by atoms with Crippen LogP contribution in [0.5, 0.6) is 5.88 Å². The molecular formula is C5H3F3NO. The highest BCUT2D eigenvalue weighted by molar-refractivity contribution is 5.08. The molecule has 0 bridgehead atoms. The van der Waals surface area contributed by atoms with Gasteiger partial charge < -0.3 is 9.72 Å². The van der Waals surface area contributed by atoms with Crippen molar-refractivity contribution in [1.29, 1.82) is 0 Å². The SMILES string of the molecule is FC(F)(F)Oc1c[c]c[nH]1. The number of alkyl halides is 3. The molecule has 1 N–H and O–H groups in total. The van der Waals surface area contributed by atoms with Gasteiger partial charge in [0, 0.05) is 18.3 Å². The van der Waals surface area contributed by atoms with E-state index in [1.165, 1.54) is 6.20 Å². The molecule has 0 amide bonds. The lowest BCUT2D eigenvalue weighted by atomic mass is 10.6. The standard InChI is InChI=1S/C5H3F3NO/c6-5(7,8)10-4-2-1-3-9-4/h2-3,9H. The number of ether oxygens (including phenoxy) is 1. The predicted molar refractivity (Wildman–Crippen MR) is 26.3 cm³/mol. The fourth-order valence-corrected chi connectivity index (χ4v) is 0.455. The summed E-state index contributed by atoms with van der Waals surface area (Å²) in [5.74, 6) is -0.354. The van der Waals surface area contributed by atoms with Crippen molar-refractivity contribution >= 4 is 0 Å². The highest BCUT2D eigenvalue weighted by Crippen LogP contribution is 2.19. The highest BCUT2D eigenvalue weighted by Gasteiger charge is 2.31. The lowest BCUT2D eigenvalue weighted by Crippen LogP contribution is -2.17. The largest absolute Gasteiger partial charge is 0.574 e. The van der Waals surface area contributed by atoms with E-state index in [0.29, 0.717) is 0 Å². The van der Waals surface area contributed by atoms with Gasteiger partial charge in [-0.2, -0.15) is 0 Å². The fraction of sp³-hybridized carbons (Fsp3) is 0.200. The zero-order valence-electron chi connectivity index (χ0n) is 4.70. The molecule has 0 saturated carbocycles. The molecule has 1 heterocycles. The summed E-state index contributed by atoms with van der Waals surface area (Å²) in [7, 11) is 0. The molecule has 5 heteroatoms. The third-order valence-corrected chi connectivity index (χ3v) is 0.738. The van der Waals surface area contributed by atoms with Crippen LogP contribution in [0.1, 0.15) is 0 Å². The van der Waals surface area contributed by atoms with E-state index >= 15 is 0 Å². The minimum Gasteiger partial charge on any atom is -0.390 e. The van der Waals surface area contributed by atoms with E-state index in [2.05, 4.69) is 15.8 Å². The van der Waals surface area contributed by atoms with Crippen LogP contribution in [-0.4, -0.2) is 11.3 Å². The Hall–Kier alpha value is -1.13. The van der Waals surface area contributed by atoms with Crippen LogP contribution in [0.4, 0.5) is 13.2 Å². The van der Waals surface area contributed by atoms with E-state index < -0.39 is 6.36 Å². The number of aromatic nitrogens is 1. The highest BCUT2D eigenvalue weighted by atomic mass is 19.4. The summed E-state index contributed by atoms with van der Waals surface area (Å²) >= 11 is 0. The van der Waals surface area contributed by atoms with Gasteiger partial charge in [0.25, 0.3) is 0 Å². The molecule has 2 nitrogen and oxygen atoms in total. The topological polar surface area (TPSA) is 25.0 Å². The molecule has 55 valence electrons. The quantitative estimate of drug-likeness (QED) is 0.647. The number of nitrogens with one attached hydrogen (secondary N) is 1. The number of aromatic amines is 1. The van der Waals surface area contributed by atoms with Crippen molar-refractivity contribution in [2.24, 2.45) is 0 Å². The van der Waals surface area contributed by atoms with Crippen molar-refractivity contribution in [3.63, 3.8) is 0 Å². The number of hydrogen-bond donors (Lipinski definition) is 1. The van der Waals surface area contributed by atoms with Crippen LogP contribution in [0.2, 0.25) is 0 Å². The summed E-state index contributed by atoms with van der Waals surface area (Å²) in [4.78, 5) is 2.20. The minimum atomic E-state index is -4.63. The van der Waals surface area contributed by atoms with Gasteiger partial charge in [0.1, 0.15) is 0 Å². The lowest BCUT2D eigenvalue weighted by molar-refractivity contribution is -0.276. The normalized spacial score (nSPS) is 11.5. The number of H-pyrrole nitrogens is 1. The molecule has 0 fully saturated rings. The Kier molecular flexibility index (Phi) is 1.57. The van der Waals surface area contributed by atoms with Gasteiger partial charge in [-0.25, -0.2) is 0 Å². The van der Waals surface area contributed by atoms with Gasteiger partial charge in [0.05, 0.1) is 0 Å². The summed E-state index contributed by atoms with van der Waals surface area (Å²) in [6.45, 7) is 0. The van der Waals surface area contributed by atoms with Crippen molar-refractivity contribution < 1.29 is 17.9 Å². The average molecular weight is 150 g/mol. The van der Waals surface area contributed by atoms with E-state index in [4.69, 9.17) is 0 Å². The lowest BCUT2D eigenvalue weighted by Gasteiger charge is -2.04. The van der Waals surface area contributed by atoms with Gasteiger partial charge in [-0.3, -0.25) is 0 Å². The molecule has 0 aliphatic carbocycles. The van der Waals surface area contributed by atoms with E-state index in [1.807, 2.05) is 0 Å². The van der Waals surface area contributed by atoms with Crippen molar-refractivity contribution in [1.82, 2.24) is 4.98 Å². The predicted octanol–water partition coefficient (Wildman–Crippen LogP) is 1.71. The van der Waals surface area contributed by atoms with Crippen molar-refractivity contribution in [3.05, 3.63) is 18.3 Å². The molecule has 1 rings (SSSR count). The van der Waals surface area contributed by atoms with Crippen LogP contribution in [0.3, 0.4) is 0 Å². The second-order valence-corrected chi connectivity index (χ2v) is 1.51. The molecule has 0 aliphatic rings. The molecule has 10 heavy (non-hydrogen) atoms. The Morgan fingerprint density at radius 3 is 2.60 bits per heavy atom. The first-order valence-electron chi connectivity index (χ1n) is 2.38. The maximum Gasteiger partial charge on any atom is 0.574 e. The van der Waals surface area contributed by atoms with Crippen LogP contribution >= 0.6 is 0 Å². The van der Waals surface area contributed by atoms with E-state index in [1.54, 1.807) is 0 Å². The monoisotopic (exact) mass is 150 g/mol. The van der Waals surface area contributed by atoms with Crippen molar-refractivity contribution in [3.8, 4) is 5.88 Å². The Bertz CT molecular complexity index is 191. The molecule has 0 unspecified atom stereocenters. The summed E-state index contributed by atoms with van der Waals surface area (Å²) in [6.07, 6.45) is -3.40. The third kappa shape index (κ3) is 2.00. The van der Waals surface area contributed by atoms with Crippen LogP contribution < -0.4 is 4.74 Å². The summed E-state index contributed by atoms with van der Waals surface area (Å²) in [5, 5.41) is 0. The molecule has 0 spiro atoms. The Labute approximate surface area is 54.6 Å². The van der Waals surface area contributed by atoms with E-state index in [0.717, 1.165) is 6.07 Å². The summed E-state index contributed by atoms with van der Waals surface area (Å²) < 4.78 is 37.5. The molecule has 0 aromatic carbocycles. The molecule has 1 aromatic heterocycles. The Balaban J connectivity index is 2.57. The van der Waals surface area contributed by atoms with E-state index in [-0.39, 0.29) is 5.88 Å². The number of hydrogen-bond acceptors (Lipinski definition) is 1. The summed E-state index contributed by atoms with van der Waals surface area (Å²) in [5.41, 5.74) is 0. The Morgan fingerprint density at radius 1 is 1.50 bits per heavy atom. The van der Waals surface area contributed by atoms with Crippen LogP contribution in [0.15, 0.2) is 12.3 Å². The minimum absolute atomic E-state index is 0.354. The second-order valence-electron chi connectivity index (χ2n) is 1.51. The first-order chi connectivity index (χ1) is 4.58. The second kappa shape index (κ2) is 2.24. The van der Waals surface area contributed by atoms with Gasteiger partial charge in [-0.05, 0) is 0 Å². The molecule has 0 aliphatic heterocycles. The average Bonchev–Trinajstić information content (AvgIpc) is 2.12. The van der Waals surface area contributed by atoms with Crippen molar-refractivity contribution in [2.45, 2.75) is 6.36 Å². The maximum atomic E-state index is 11.4. The van der Waals surface area contributed by atoms with Crippen LogP contribution in [0.25, 0.3) is 0 Å². The van der Waals surface area contributed by atoms with Gasteiger partial charge >= 0.3 is 6.36 Å². The van der Waals surface area contributed by atoms with Crippen LogP contribution in [-0.2, 0) is 0 Å². The number of rotatable bonds is 1. The maximum absolute atomic E-state index is 11.4. The zero-order valence-corrected chi connectivity index (χ0v) is 4.70. The fourth-order valence-electron chi connectivity index (χ4n) is 0.455. The zero-order chi connectivity index (χ0) is 7.61. The van der Waals surface area contributed by atoms with Gasteiger partial charge in [-0.15, -0.1) is 13.2 Å². The Morgan fingerprint density at radius 2 is 2.20 bits per heavy atom. The van der Waals surface area contributed by atoms with Crippen LogP contribution in [0, 0.1) is 6.07 Å². The van der Waals surface area contributed by atoms with Gasteiger partial charge in [0.2, 0.25) is 5.88 Å². The summed E-state index contributed by atoms with van der Waals surface area (Å²) in [6, 6.07) is 3.43. The molecule has 0 atom stereocenters. The smallest absolute Gasteiger partial charge is 0.390 e. The molecule has 0 saturated heterocycles. The van der Waals surface area contributed by atoms with Gasteiger partial charge in [0.15, 0.2) is 0 Å². The van der Waals surface area contributed by atoms with Gasteiger partial charge in [-0.1, -0.05) is 0 Å². The first kappa shape index (κ1) is 6.98. The van der Waals surface area contributed by atoms with Crippen molar-refractivity contribution in [2.75, 3.05) is 0 Å². The number of halogens is 3.